The van der Waals surface area contributed by atoms with Crippen LogP contribution in [0.15, 0.2) is 0 Å². The highest BCUT2D eigenvalue weighted by molar-refractivity contribution is 8.94. The standard InChI is InChI=1S/C8H12O4S2/c9-6(10)4-2-1-3-5-8(7(11)12)13-14-8/h1-5H2,(H,9,10)(H,11,12). The van der Waals surface area contributed by atoms with Crippen LogP contribution in [0.2, 0.25) is 0 Å². The number of carboxylic acid groups (broad SMARTS) is 2. The Bertz CT molecular complexity index is 237. The topological polar surface area (TPSA) is 74.6 Å². The predicted molar refractivity (Wildman–Crippen MR) is 56.3 cm³/mol. The van der Waals surface area contributed by atoms with E-state index in [9.17, 15) is 9.59 Å². The SMILES string of the molecule is O=C(O)CCCCCC1(C(=O)O)SS1. The highest BCUT2D eigenvalue weighted by Gasteiger charge is 2.53. The number of carboxylic acids is 2. The highest BCUT2D eigenvalue weighted by atomic mass is 33.2. The van der Waals surface area contributed by atoms with Crippen molar-refractivity contribution in [2.75, 3.05) is 0 Å². The molecule has 0 aromatic rings. The molecule has 1 fully saturated rings. The van der Waals surface area contributed by atoms with Gasteiger partial charge in [-0.2, -0.15) is 0 Å². The number of hydrogen-bond donors (Lipinski definition) is 2. The van der Waals surface area contributed by atoms with E-state index in [1.54, 1.807) is 0 Å². The fraction of sp³-hybridized carbons (Fsp3) is 0.750. The first-order valence-electron chi connectivity index (χ1n) is 4.39. The molecule has 4 nitrogen and oxygen atoms in total. The molecule has 80 valence electrons. The molecule has 0 saturated carbocycles. The van der Waals surface area contributed by atoms with Gasteiger partial charge in [-0.05, 0) is 12.8 Å². The number of carbonyl (C=O) groups is 2. The molecule has 6 heteroatoms. The highest BCUT2D eigenvalue weighted by Crippen LogP contribution is 2.67. The van der Waals surface area contributed by atoms with Crippen molar-refractivity contribution in [1.29, 1.82) is 0 Å². The van der Waals surface area contributed by atoms with Crippen molar-refractivity contribution >= 4 is 33.5 Å². The van der Waals surface area contributed by atoms with Crippen molar-refractivity contribution in [1.82, 2.24) is 0 Å². The Morgan fingerprint density at radius 1 is 1.07 bits per heavy atom. The summed E-state index contributed by atoms with van der Waals surface area (Å²) in [4.78, 5) is 20.9. The van der Waals surface area contributed by atoms with Crippen molar-refractivity contribution in [3.63, 3.8) is 0 Å². The Morgan fingerprint density at radius 2 is 1.71 bits per heavy atom. The van der Waals surface area contributed by atoms with Gasteiger partial charge in [-0.1, -0.05) is 34.4 Å². The molecule has 0 unspecified atom stereocenters. The molecule has 0 atom stereocenters. The number of aliphatic carboxylic acids is 2. The number of unbranched alkanes of at least 4 members (excludes halogenated alkanes) is 2. The summed E-state index contributed by atoms with van der Waals surface area (Å²) in [5, 5.41) is 17.2. The van der Waals surface area contributed by atoms with E-state index in [1.807, 2.05) is 0 Å². The van der Waals surface area contributed by atoms with Crippen LogP contribution in [0.25, 0.3) is 0 Å². The summed E-state index contributed by atoms with van der Waals surface area (Å²) < 4.78 is -0.608. The molecule has 0 radical (unpaired) electrons. The van der Waals surface area contributed by atoms with Crippen LogP contribution in [-0.4, -0.2) is 26.2 Å². The molecular formula is C8H12O4S2. The van der Waals surface area contributed by atoms with Crippen LogP contribution in [0.3, 0.4) is 0 Å². The molecule has 1 saturated heterocycles. The Hall–Kier alpha value is -0.360. The first-order valence-corrected chi connectivity index (χ1v) is 6.54. The molecule has 0 bridgehead atoms. The lowest BCUT2D eigenvalue weighted by Gasteiger charge is -2.04. The molecular weight excluding hydrogens is 224 g/mol. The van der Waals surface area contributed by atoms with E-state index in [1.165, 1.54) is 21.6 Å². The number of rotatable bonds is 7. The van der Waals surface area contributed by atoms with Gasteiger partial charge in [0.25, 0.3) is 0 Å². The van der Waals surface area contributed by atoms with E-state index >= 15 is 0 Å². The minimum atomic E-state index is -0.784. The van der Waals surface area contributed by atoms with E-state index in [0.717, 1.165) is 12.8 Å². The fourth-order valence-corrected chi connectivity index (χ4v) is 3.05. The van der Waals surface area contributed by atoms with Crippen molar-refractivity contribution < 1.29 is 19.8 Å². The second kappa shape index (κ2) is 4.93. The van der Waals surface area contributed by atoms with Gasteiger partial charge in [-0.3, -0.25) is 4.79 Å². The third-order valence-electron chi connectivity index (χ3n) is 2.01. The molecule has 0 amide bonds. The van der Waals surface area contributed by atoms with Crippen LogP contribution >= 0.6 is 21.6 Å². The van der Waals surface area contributed by atoms with Gasteiger partial charge < -0.3 is 10.2 Å². The van der Waals surface area contributed by atoms with E-state index in [2.05, 4.69) is 0 Å². The Kier molecular flexibility index (Phi) is 4.12. The zero-order valence-corrected chi connectivity index (χ0v) is 9.20. The zero-order valence-electron chi connectivity index (χ0n) is 7.56. The summed E-state index contributed by atoms with van der Waals surface area (Å²) in [7, 11) is 2.78. The van der Waals surface area contributed by atoms with Gasteiger partial charge in [0.15, 0.2) is 4.08 Å². The lowest BCUT2D eigenvalue weighted by atomic mass is 10.1. The smallest absolute Gasteiger partial charge is 0.331 e. The number of hydrogen-bond acceptors (Lipinski definition) is 4. The lowest BCUT2D eigenvalue weighted by Crippen LogP contribution is -2.18. The minimum absolute atomic E-state index is 0.181. The maximum absolute atomic E-state index is 10.7. The van der Waals surface area contributed by atoms with Crippen LogP contribution in [0.5, 0.6) is 0 Å². The van der Waals surface area contributed by atoms with E-state index in [4.69, 9.17) is 10.2 Å². The van der Waals surface area contributed by atoms with Gasteiger partial charge in [0.05, 0.1) is 0 Å². The lowest BCUT2D eigenvalue weighted by molar-refractivity contribution is -0.138. The van der Waals surface area contributed by atoms with Gasteiger partial charge in [-0.25, -0.2) is 4.79 Å². The molecule has 0 aliphatic carbocycles. The van der Waals surface area contributed by atoms with Crippen LogP contribution in [-0.2, 0) is 9.59 Å². The second-order valence-corrected chi connectivity index (χ2v) is 6.16. The van der Waals surface area contributed by atoms with Gasteiger partial charge in [0.1, 0.15) is 0 Å². The fourth-order valence-electron chi connectivity index (χ4n) is 1.12. The monoisotopic (exact) mass is 236 g/mol. The van der Waals surface area contributed by atoms with Crippen molar-refractivity contribution in [2.24, 2.45) is 0 Å². The average Bonchev–Trinajstić information content (AvgIpc) is 2.84. The van der Waals surface area contributed by atoms with Crippen LogP contribution < -0.4 is 0 Å². The molecule has 2 N–H and O–H groups in total. The Labute approximate surface area is 89.8 Å². The van der Waals surface area contributed by atoms with E-state index in [-0.39, 0.29) is 6.42 Å². The molecule has 1 rings (SSSR count). The van der Waals surface area contributed by atoms with Crippen LogP contribution in [0.4, 0.5) is 0 Å². The Balaban J connectivity index is 2.04. The molecule has 14 heavy (non-hydrogen) atoms. The van der Waals surface area contributed by atoms with Crippen molar-refractivity contribution in [3.05, 3.63) is 0 Å². The largest absolute Gasteiger partial charge is 0.481 e. The normalized spacial score (nSPS) is 17.7. The average molecular weight is 236 g/mol. The zero-order chi connectivity index (χ0) is 10.6. The summed E-state index contributed by atoms with van der Waals surface area (Å²) in [6.07, 6.45) is 3.04. The second-order valence-electron chi connectivity index (χ2n) is 3.18. The van der Waals surface area contributed by atoms with Crippen molar-refractivity contribution in [2.45, 2.75) is 36.2 Å². The summed E-state index contributed by atoms with van der Waals surface area (Å²) in [5.74, 6) is -1.54. The molecule has 1 heterocycles. The summed E-state index contributed by atoms with van der Waals surface area (Å²) in [6.45, 7) is 0. The van der Waals surface area contributed by atoms with E-state index in [0.29, 0.717) is 12.8 Å². The first kappa shape index (κ1) is 11.7. The maximum atomic E-state index is 10.7. The summed E-state index contributed by atoms with van der Waals surface area (Å²) in [6, 6.07) is 0. The molecule has 1 aliphatic heterocycles. The maximum Gasteiger partial charge on any atom is 0.331 e. The third-order valence-corrected chi connectivity index (χ3v) is 5.04. The van der Waals surface area contributed by atoms with E-state index < -0.39 is 16.0 Å². The van der Waals surface area contributed by atoms with Gasteiger partial charge in [-0.15, -0.1) is 0 Å². The van der Waals surface area contributed by atoms with Crippen LogP contribution in [0, 0.1) is 0 Å². The molecule has 0 aromatic heterocycles. The summed E-state index contributed by atoms with van der Waals surface area (Å²) in [5.41, 5.74) is 0. The quantitative estimate of drug-likeness (QED) is 0.401. The minimum Gasteiger partial charge on any atom is -0.481 e. The third kappa shape index (κ3) is 3.42. The van der Waals surface area contributed by atoms with Gasteiger partial charge in [0.2, 0.25) is 0 Å². The molecule has 0 spiro atoms. The van der Waals surface area contributed by atoms with Gasteiger partial charge >= 0.3 is 11.9 Å². The van der Waals surface area contributed by atoms with Crippen LogP contribution in [0.1, 0.15) is 32.1 Å². The Morgan fingerprint density at radius 3 is 2.14 bits per heavy atom. The molecule has 1 aliphatic rings. The summed E-state index contributed by atoms with van der Waals surface area (Å²) >= 11 is 0. The van der Waals surface area contributed by atoms with Crippen molar-refractivity contribution in [3.8, 4) is 0 Å². The molecule has 0 aromatic carbocycles. The predicted octanol–water partition coefficient (Wildman–Crippen LogP) is 2.20. The first-order chi connectivity index (χ1) is 6.57. The van der Waals surface area contributed by atoms with Gasteiger partial charge in [0, 0.05) is 6.42 Å².